The molecule has 2 N–H and O–H groups in total. The Morgan fingerprint density at radius 1 is 1.25 bits per heavy atom. The Bertz CT molecular complexity index is 389. The van der Waals surface area contributed by atoms with Gasteiger partial charge in [0.05, 0.1) is 19.3 Å². The Morgan fingerprint density at radius 2 is 1.95 bits per heavy atom. The van der Waals surface area contributed by atoms with E-state index in [-0.39, 0.29) is 18.6 Å². The number of benzene rings is 1. The summed E-state index contributed by atoms with van der Waals surface area (Å²) in [5, 5.41) is 0. The lowest BCUT2D eigenvalue weighted by Gasteiger charge is -2.13. The van der Waals surface area contributed by atoms with E-state index in [1.165, 1.54) is 18.4 Å². The van der Waals surface area contributed by atoms with Crippen molar-refractivity contribution in [3.63, 3.8) is 0 Å². The molecule has 0 aliphatic carbocycles. The molecule has 0 aromatic heterocycles. The minimum atomic E-state index is -0.352. The van der Waals surface area contributed by atoms with E-state index >= 15 is 0 Å². The number of rotatable bonds is 9. The predicted molar refractivity (Wildman–Crippen MR) is 79.4 cm³/mol. The number of unbranched alkanes of at least 4 members (excludes halogenated alkanes) is 1. The van der Waals surface area contributed by atoms with Crippen LogP contribution in [0.1, 0.15) is 43.9 Å². The standard InChI is InChI=1S/C16H25NO3/c1-3-5-6-13-7-9-14(10-8-13)15(17)11-19-12-16(18)20-4-2/h7-10,15H,3-6,11-12,17H2,1-2H3. The summed E-state index contributed by atoms with van der Waals surface area (Å²) >= 11 is 0. The third kappa shape index (κ3) is 6.17. The van der Waals surface area contributed by atoms with E-state index in [4.69, 9.17) is 15.2 Å². The third-order valence-electron chi connectivity index (χ3n) is 3.05. The highest BCUT2D eigenvalue weighted by Crippen LogP contribution is 2.13. The van der Waals surface area contributed by atoms with Gasteiger partial charge in [0.1, 0.15) is 6.61 Å². The molecule has 0 spiro atoms. The molecule has 4 heteroatoms. The second kappa shape index (κ2) is 9.50. The molecule has 0 saturated carbocycles. The van der Waals surface area contributed by atoms with Gasteiger partial charge in [0.15, 0.2) is 0 Å². The topological polar surface area (TPSA) is 61.5 Å². The van der Waals surface area contributed by atoms with Crippen molar-refractivity contribution in [2.45, 2.75) is 39.2 Å². The lowest BCUT2D eigenvalue weighted by molar-refractivity contribution is -0.148. The molecular weight excluding hydrogens is 254 g/mol. The van der Waals surface area contributed by atoms with Gasteiger partial charge in [-0.1, -0.05) is 37.6 Å². The van der Waals surface area contributed by atoms with Gasteiger partial charge in [0.2, 0.25) is 0 Å². The molecule has 1 unspecified atom stereocenters. The third-order valence-corrected chi connectivity index (χ3v) is 3.05. The van der Waals surface area contributed by atoms with Crippen LogP contribution in [0.2, 0.25) is 0 Å². The molecule has 1 rings (SSSR count). The minimum Gasteiger partial charge on any atom is -0.464 e. The predicted octanol–water partition coefficient (Wildman–Crippen LogP) is 2.61. The zero-order chi connectivity index (χ0) is 14.8. The maximum absolute atomic E-state index is 11.1. The van der Waals surface area contributed by atoms with Crippen LogP contribution in [0.3, 0.4) is 0 Å². The van der Waals surface area contributed by atoms with Crippen LogP contribution in [0.25, 0.3) is 0 Å². The number of hydrogen-bond acceptors (Lipinski definition) is 4. The van der Waals surface area contributed by atoms with Gasteiger partial charge in [-0.05, 0) is 30.9 Å². The first kappa shape index (κ1) is 16.7. The number of ether oxygens (including phenoxy) is 2. The Labute approximate surface area is 121 Å². The molecule has 0 bridgehead atoms. The van der Waals surface area contributed by atoms with E-state index in [2.05, 4.69) is 19.1 Å². The van der Waals surface area contributed by atoms with Crippen molar-refractivity contribution in [2.24, 2.45) is 5.73 Å². The zero-order valence-corrected chi connectivity index (χ0v) is 12.4. The van der Waals surface area contributed by atoms with Gasteiger partial charge in [0.25, 0.3) is 0 Å². The van der Waals surface area contributed by atoms with Crippen LogP contribution in [0, 0.1) is 0 Å². The molecule has 0 saturated heterocycles. The molecule has 0 aliphatic rings. The maximum Gasteiger partial charge on any atom is 0.332 e. The van der Waals surface area contributed by atoms with Crippen molar-refractivity contribution < 1.29 is 14.3 Å². The average Bonchev–Trinajstić information content (AvgIpc) is 2.46. The molecule has 1 aromatic rings. The van der Waals surface area contributed by atoms with Crippen LogP contribution in [0.5, 0.6) is 0 Å². The molecule has 112 valence electrons. The fraction of sp³-hybridized carbons (Fsp3) is 0.562. The fourth-order valence-corrected chi connectivity index (χ4v) is 1.88. The van der Waals surface area contributed by atoms with Gasteiger partial charge >= 0.3 is 5.97 Å². The van der Waals surface area contributed by atoms with Crippen molar-refractivity contribution in [3.8, 4) is 0 Å². The van der Waals surface area contributed by atoms with Crippen molar-refractivity contribution in [2.75, 3.05) is 19.8 Å². The van der Waals surface area contributed by atoms with Gasteiger partial charge in [-0.2, -0.15) is 0 Å². The van der Waals surface area contributed by atoms with E-state index < -0.39 is 0 Å². The summed E-state index contributed by atoms with van der Waals surface area (Å²) in [5.41, 5.74) is 8.38. The van der Waals surface area contributed by atoms with E-state index in [1.54, 1.807) is 6.92 Å². The van der Waals surface area contributed by atoms with Gasteiger partial charge < -0.3 is 15.2 Å². The number of nitrogens with two attached hydrogens (primary N) is 1. The van der Waals surface area contributed by atoms with Gasteiger partial charge in [-0.3, -0.25) is 0 Å². The first-order valence-corrected chi connectivity index (χ1v) is 7.25. The summed E-state index contributed by atoms with van der Waals surface area (Å²) in [6.45, 7) is 4.59. The summed E-state index contributed by atoms with van der Waals surface area (Å²) in [6.07, 6.45) is 3.50. The molecule has 0 fully saturated rings. The van der Waals surface area contributed by atoms with Crippen LogP contribution >= 0.6 is 0 Å². The number of carbonyl (C=O) groups excluding carboxylic acids is 1. The highest BCUT2D eigenvalue weighted by molar-refractivity contribution is 5.70. The van der Waals surface area contributed by atoms with Crippen molar-refractivity contribution in [1.29, 1.82) is 0 Å². The van der Waals surface area contributed by atoms with Gasteiger partial charge in [-0.25, -0.2) is 4.79 Å². The van der Waals surface area contributed by atoms with Gasteiger partial charge in [0, 0.05) is 0 Å². The van der Waals surface area contributed by atoms with Gasteiger partial charge in [-0.15, -0.1) is 0 Å². The van der Waals surface area contributed by atoms with E-state index in [0.29, 0.717) is 13.2 Å². The first-order chi connectivity index (χ1) is 9.67. The summed E-state index contributed by atoms with van der Waals surface area (Å²) in [6, 6.07) is 8.06. The number of hydrogen-bond donors (Lipinski definition) is 1. The lowest BCUT2D eigenvalue weighted by Crippen LogP contribution is -2.20. The van der Waals surface area contributed by atoms with Crippen LogP contribution in [0.15, 0.2) is 24.3 Å². The van der Waals surface area contributed by atoms with Crippen LogP contribution in [-0.2, 0) is 20.7 Å². The molecule has 4 nitrogen and oxygen atoms in total. The molecule has 20 heavy (non-hydrogen) atoms. The Morgan fingerprint density at radius 3 is 2.55 bits per heavy atom. The van der Waals surface area contributed by atoms with E-state index in [1.807, 2.05) is 12.1 Å². The quantitative estimate of drug-likeness (QED) is 0.706. The summed E-state index contributed by atoms with van der Waals surface area (Å²) < 4.78 is 10.0. The van der Waals surface area contributed by atoms with Crippen molar-refractivity contribution >= 4 is 5.97 Å². The number of aryl methyl sites for hydroxylation is 1. The van der Waals surface area contributed by atoms with Crippen LogP contribution in [0.4, 0.5) is 0 Å². The monoisotopic (exact) mass is 279 g/mol. The zero-order valence-electron chi connectivity index (χ0n) is 12.4. The van der Waals surface area contributed by atoms with Crippen molar-refractivity contribution in [1.82, 2.24) is 0 Å². The molecule has 0 radical (unpaired) electrons. The molecule has 0 amide bonds. The second-order valence-corrected chi connectivity index (χ2v) is 4.77. The normalized spacial score (nSPS) is 12.2. The summed E-state index contributed by atoms with van der Waals surface area (Å²) in [5.74, 6) is -0.352. The molecule has 0 heterocycles. The van der Waals surface area contributed by atoms with Crippen LogP contribution < -0.4 is 5.73 Å². The van der Waals surface area contributed by atoms with Crippen molar-refractivity contribution in [3.05, 3.63) is 35.4 Å². The first-order valence-electron chi connectivity index (χ1n) is 7.25. The van der Waals surface area contributed by atoms with Crippen LogP contribution in [-0.4, -0.2) is 25.8 Å². The fourth-order valence-electron chi connectivity index (χ4n) is 1.88. The highest BCUT2D eigenvalue weighted by atomic mass is 16.6. The summed E-state index contributed by atoms with van der Waals surface area (Å²) in [7, 11) is 0. The number of esters is 1. The Hall–Kier alpha value is -1.39. The molecule has 0 aliphatic heterocycles. The highest BCUT2D eigenvalue weighted by Gasteiger charge is 2.08. The minimum absolute atomic E-state index is 0.0455. The molecular formula is C16H25NO3. The molecule has 1 aromatic carbocycles. The second-order valence-electron chi connectivity index (χ2n) is 4.77. The smallest absolute Gasteiger partial charge is 0.332 e. The SMILES string of the molecule is CCCCc1ccc(C(N)COCC(=O)OCC)cc1. The van der Waals surface area contributed by atoms with E-state index in [9.17, 15) is 4.79 Å². The van der Waals surface area contributed by atoms with E-state index in [0.717, 1.165) is 12.0 Å². The molecule has 1 atom stereocenters. The Balaban J connectivity index is 2.35. The maximum atomic E-state index is 11.1. The number of carbonyl (C=O) groups is 1. The largest absolute Gasteiger partial charge is 0.464 e. The average molecular weight is 279 g/mol. The Kier molecular flexibility index (Phi) is 7.92. The lowest BCUT2D eigenvalue weighted by atomic mass is 10.0. The summed E-state index contributed by atoms with van der Waals surface area (Å²) in [4.78, 5) is 11.1.